The number of fused-ring (bicyclic) bond motifs is 2. The van der Waals surface area contributed by atoms with Crippen molar-refractivity contribution < 1.29 is 0 Å². The number of imidazole rings is 1. The SMILES string of the molecule is Cn1ccnc1CN[C@@H]1CC2(CCN(CC3CC3)CC2)c2ccccc21. The molecule has 1 atom stereocenters. The molecule has 4 nitrogen and oxygen atoms in total. The van der Waals surface area contributed by atoms with E-state index in [2.05, 4.69) is 51.1 Å². The molecule has 1 spiro atoms. The topological polar surface area (TPSA) is 33.1 Å². The Bertz CT molecular complexity index is 768. The number of rotatable bonds is 5. The number of nitrogens with one attached hydrogen (secondary N) is 1. The molecule has 0 bridgehead atoms. The van der Waals surface area contributed by atoms with E-state index in [4.69, 9.17) is 0 Å². The molecule has 0 radical (unpaired) electrons. The highest BCUT2D eigenvalue weighted by molar-refractivity contribution is 5.42. The molecule has 1 N–H and O–H groups in total. The first-order valence-corrected chi connectivity index (χ1v) is 10.2. The summed E-state index contributed by atoms with van der Waals surface area (Å²) in [7, 11) is 2.07. The zero-order chi connectivity index (χ0) is 17.6. The first kappa shape index (κ1) is 16.5. The van der Waals surface area contributed by atoms with Gasteiger partial charge in [-0.3, -0.25) is 0 Å². The Morgan fingerprint density at radius 3 is 2.73 bits per heavy atom. The lowest BCUT2D eigenvalue weighted by Gasteiger charge is -2.40. The van der Waals surface area contributed by atoms with E-state index in [9.17, 15) is 0 Å². The maximum absolute atomic E-state index is 4.47. The molecule has 2 heterocycles. The average molecular weight is 351 g/mol. The molecule has 3 aliphatic rings. The molecule has 1 saturated heterocycles. The molecule has 0 amide bonds. The van der Waals surface area contributed by atoms with Gasteiger partial charge in [-0.2, -0.15) is 0 Å². The molecule has 26 heavy (non-hydrogen) atoms. The second-order valence-corrected chi connectivity index (χ2v) is 8.70. The normalized spacial score (nSPS) is 24.9. The minimum atomic E-state index is 0.385. The fraction of sp³-hybridized carbons (Fsp3) is 0.591. The highest BCUT2D eigenvalue weighted by atomic mass is 15.1. The van der Waals surface area contributed by atoms with E-state index in [1.54, 1.807) is 5.56 Å². The van der Waals surface area contributed by atoms with Crippen molar-refractivity contribution in [2.75, 3.05) is 19.6 Å². The number of hydrogen-bond acceptors (Lipinski definition) is 3. The van der Waals surface area contributed by atoms with Gasteiger partial charge < -0.3 is 14.8 Å². The van der Waals surface area contributed by atoms with Crippen LogP contribution in [-0.4, -0.2) is 34.1 Å². The number of benzene rings is 1. The second kappa shape index (κ2) is 6.50. The van der Waals surface area contributed by atoms with Crippen molar-refractivity contribution in [3.63, 3.8) is 0 Å². The molecule has 5 rings (SSSR count). The molecule has 1 saturated carbocycles. The molecular weight excluding hydrogens is 320 g/mol. The van der Waals surface area contributed by atoms with E-state index in [1.807, 2.05) is 12.4 Å². The summed E-state index contributed by atoms with van der Waals surface area (Å²) >= 11 is 0. The second-order valence-electron chi connectivity index (χ2n) is 8.70. The van der Waals surface area contributed by atoms with Crippen LogP contribution in [0.3, 0.4) is 0 Å². The lowest BCUT2D eigenvalue weighted by molar-refractivity contribution is 0.147. The summed E-state index contributed by atoms with van der Waals surface area (Å²) < 4.78 is 2.11. The number of aryl methyl sites for hydroxylation is 1. The van der Waals surface area contributed by atoms with Crippen LogP contribution in [0.15, 0.2) is 36.7 Å². The van der Waals surface area contributed by atoms with Crippen molar-refractivity contribution in [2.24, 2.45) is 13.0 Å². The van der Waals surface area contributed by atoms with E-state index in [-0.39, 0.29) is 0 Å². The maximum atomic E-state index is 4.47. The average Bonchev–Trinajstić information content (AvgIpc) is 3.31. The van der Waals surface area contributed by atoms with Gasteiger partial charge in [-0.1, -0.05) is 24.3 Å². The third-order valence-corrected chi connectivity index (χ3v) is 6.96. The lowest BCUT2D eigenvalue weighted by atomic mass is 9.73. The largest absolute Gasteiger partial charge is 0.337 e. The van der Waals surface area contributed by atoms with Gasteiger partial charge in [-0.15, -0.1) is 0 Å². The first-order chi connectivity index (χ1) is 12.7. The van der Waals surface area contributed by atoms with Crippen molar-refractivity contribution in [1.29, 1.82) is 0 Å². The number of piperidine rings is 1. The Morgan fingerprint density at radius 1 is 1.19 bits per heavy atom. The highest BCUT2D eigenvalue weighted by Gasteiger charge is 2.45. The van der Waals surface area contributed by atoms with Crippen LogP contribution in [0.25, 0.3) is 0 Å². The van der Waals surface area contributed by atoms with E-state index < -0.39 is 0 Å². The van der Waals surface area contributed by atoms with Crippen LogP contribution in [0.4, 0.5) is 0 Å². The van der Waals surface area contributed by atoms with Crippen molar-refractivity contribution in [3.05, 3.63) is 53.6 Å². The van der Waals surface area contributed by atoms with Gasteiger partial charge in [0.25, 0.3) is 0 Å². The minimum absolute atomic E-state index is 0.385. The fourth-order valence-corrected chi connectivity index (χ4v) is 5.16. The molecule has 2 fully saturated rings. The van der Waals surface area contributed by atoms with Crippen LogP contribution in [-0.2, 0) is 19.0 Å². The minimum Gasteiger partial charge on any atom is -0.337 e. The predicted octanol–water partition coefficient (Wildman–Crippen LogP) is 3.40. The molecule has 2 aromatic rings. The number of nitrogens with zero attached hydrogens (tertiary/aromatic N) is 3. The summed E-state index contributed by atoms with van der Waals surface area (Å²) in [4.78, 5) is 7.20. The van der Waals surface area contributed by atoms with Gasteiger partial charge >= 0.3 is 0 Å². The quantitative estimate of drug-likeness (QED) is 0.897. The Kier molecular flexibility index (Phi) is 4.13. The fourth-order valence-electron chi connectivity index (χ4n) is 5.16. The van der Waals surface area contributed by atoms with Crippen LogP contribution in [0, 0.1) is 5.92 Å². The summed E-state index contributed by atoms with van der Waals surface area (Å²) in [6.45, 7) is 4.73. The number of aromatic nitrogens is 2. The first-order valence-electron chi connectivity index (χ1n) is 10.2. The van der Waals surface area contributed by atoms with Crippen LogP contribution in [0.5, 0.6) is 0 Å². The van der Waals surface area contributed by atoms with Gasteiger partial charge in [0.15, 0.2) is 0 Å². The lowest BCUT2D eigenvalue weighted by Crippen LogP contribution is -2.42. The number of likely N-dealkylation sites (tertiary alicyclic amines) is 1. The monoisotopic (exact) mass is 350 g/mol. The standard InChI is InChI=1S/C22H30N4/c1-25-13-10-23-21(25)15-24-20-14-22(19-5-3-2-4-18(19)20)8-11-26(12-9-22)16-17-6-7-17/h2-5,10,13,17,20,24H,6-9,11-12,14-16H2,1H3/t20-/m1/s1. The molecule has 0 unspecified atom stereocenters. The van der Waals surface area contributed by atoms with Gasteiger partial charge in [0, 0.05) is 32.0 Å². The number of hydrogen-bond donors (Lipinski definition) is 1. The van der Waals surface area contributed by atoms with Gasteiger partial charge in [-0.25, -0.2) is 4.98 Å². The van der Waals surface area contributed by atoms with Gasteiger partial charge in [0.2, 0.25) is 0 Å². The van der Waals surface area contributed by atoms with Crippen molar-refractivity contribution in [1.82, 2.24) is 19.8 Å². The summed E-state index contributed by atoms with van der Waals surface area (Å²) in [5, 5.41) is 3.81. The molecule has 1 aromatic carbocycles. The molecule has 4 heteroatoms. The van der Waals surface area contributed by atoms with Gasteiger partial charge in [0.05, 0.1) is 6.54 Å². The van der Waals surface area contributed by atoms with Crippen LogP contribution >= 0.6 is 0 Å². The van der Waals surface area contributed by atoms with E-state index >= 15 is 0 Å². The third-order valence-electron chi connectivity index (χ3n) is 6.96. The Hall–Kier alpha value is -1.65. The molecule has 1 aliphatic heterocycles. The van der Waals surface area contributed by atoms with Gasteiger partial charge in [0.1, 0.15) is 5.82 Å². The Balaban J connectivity index is 1.31. The predicted molar refractivity (Wildman–Crippen MR) is 104 cm³/mol. The molecule has 1 aromatic heterocycles. The van der Waals surface area contributed by atoms with Crippen LogP contribution in [0.1, 0.15) is 55.1 Å². The molecular formula is C22H30N4. The molecule has 138 valence electrons. The van der Waals surface area contributed by atoms with E-state index in [1.165, 1.54) is 57.3 Å². The van der Waals surface area contributed by atoms with Crippen molar-refractivity contribution in [2.45, 2.75) is 50.1 Å². The summed E-state index contributed by atoms with van der Waals surface area (Å²) in [6.07, 6.45) is 10.7. The van der Waals surface area contributed by atoms with Crippen LogP contribution in [0.2, 0.25) is 0 Å². The maximum Gasteiger partial charge on any atom is 0.122 e. The zero-order valence-corrected chi connectivity index (χ0v) is 15.8. The van der Waals surface area contributed by atoms with Crippen molar-refractivity contribution in [3.8, 4) is 0 Å². The van der Waals surface area contributed by atoms with Crippen LogP contribution < -0.4 is 5.32 Å². The van der Waals surface area contributed by atoms with Crippen molar-refractivity contribution >= 4 is 0 Å². The summed E-state index contributed by atoms with van der Waals surface area (Å²) in [5.41, 5.74) is 3.52. The van der Waals surface area contributed by atoms with E-state index in [0.717, 1.165) is 18.3 Å². The van der Waals surface area contributed by atoms with E-state index in [0.29, 0.717) is 11.5 Å². The Labute approximate surface area is 156 Å². The third kappa shape index (κ3) is 2.99. The zero-order valence-electron chi connectivity index (χ0n) is 15.8. The smallest absolute Gasteiger partial charge is 0.122 e. The summed E-state index contributed by atoms with van der Waals surface area (Å²) in [5.74, 6) is 2.12. The Morgan fingerprint density at radius 2 is 2.00 bits per heavy atom. The van der Waals surface area contributed by atoms with Gasteiger partial charge in [-0.05, 0) is 67.7 Å². The highest BCUT2D eigenvalue weighted by Crippen LogP contribution is 2.51. The molecule has 2 aliphatic carbocycles. The summed E-state index contributed by atoms with van der Waals surface area (Å²) in [6, 6.07) is 9.64.